The fourth-order valence-electron chi connectivity index (χ4n) is 3.93. The summed E-state index contributed by atoms with van der Waals surface area (Å²) < 4.78 is 58.0. The molecule has 1 fully saturated rings. The van der Waals surface area contributed by atoms with E-state index in [0.717, 1.165) is 29.5 Å². The number of amides is 2. The van der Waals surface area contributed by atoms with Gasteiger partial charge in [-0.15, -0.1) is 0 Å². The first kappa shape index (κ1) is 22.8. The van der Waals surface area contributed by atoms with Crippen molar-refractivity contribution >= 4 is 17.5 Å². The van der Waals surface area contributed by atoms with Crippen LogP contribution in [0.2, 0.25) is 0 Å². The van der Waals surface area contributed by atoms with Gasteiger partial charge in [-0.05, 0) is 82.0 Å². The van der Waals surface area contributed by atoms with Crippen LogP contribution in [-0.2, 0) is 10.7 Å². The molecule has 2 aromatic rings. The van der Waals surface area contributed by atoms with Gasteiger partial charge in [-0.25, -0.2) is 8.78 Å². The molecule has 1 aliphatic heterocycles. The zero-order chi connectivity index (χ0) is 22.9. The van der Waals surface area contributed by atoms with Crippen molar-refractivity contribution in [3.63, 3.8) is 0 Å². The van der Waals surface area contributed by atoms with Gasteiger partial charge in [0.1, 0.15) is 11.6 Å². The Bertz CT molecular complexity index is 999. The standard InChI is InChI=1S/C23H24F4N2O2/c1-13-11-17(8-10-19(13)24)28-21(30)16-7-9-20(25)18(12-16)23(26,27)22(31)29-14(2)5-4-6-15(29)3/h7-12,14-15H,4-6H2,1-3H3,(H,28,30). The Hall–Kier alpha value is -2.90. The normalized spacial score (nSPS) is 19.3. The molecule has 31 heavy (non-hydrogen) atoms. The number of nitrogens with zero attached hydrogens (tertiary/aromatic N) is 1. The van der Waals surface area contributed by atoms with E-state index in [-0.39, 0.29) is 11.3 Å². The number of halogens is 4. The molecule has 166 valence electrons. The molecule has 0 saturated carbocycles. The third-order valence-corrected chi connectivity index (χ3v) is 5.68. The highest BCUT2D eigenvalue weighted by Crippen LogP contribution is 2.36. The molecule has 1 saturated heterocycles. The Morgan fingerprint density at radius 2 is 1.61 bits per heavy atom. The van der Waals surface area contributed by atoms with Crippen molar-refractivity contribution < 1.29 is 27.2 Å². The first-order valence-electron chi connectivity index (χ1n) is 10.1. The molecule has 1 N–H and O–H groups in total. The molecule has 1 heterocycles. The minimum absolute atomic E-state index is 0.245. The summed E-state index contributed by atoms with van der Waals surface area (Å²) in [5, 5.41) is 2.46. The monoisotopic (exact) mass is 436 g/mol. The van der Waals surface area contributed by atoms with E-state index in [2.05, 4.69) is 5.32 Å². The molecular formula is C23H24F4N2O2. The largest absolute Gasteiger partial charge is 0.352 e. The number of aryl methyl sites for hydroxylation is 1. The van der Waals surface area contributed by atoms with E-state index >= 15 is 8.78 Å². The summed E-state index contributed by atoms with van der Waals surface area (Å²) in [7, 11) is 0. The van der Waals surface area contributed by atoms with Crippen LogP contribution in [0.15, 0.2) is 36.4 Å². The van der Waals surface area contributed by atoms with E-state index in [1.54, 1.807) is 13.8 Å². The predicted octanol–water partition coefficient (Wildman–Crippen LogP) is 5.41. The van der Waals surface area contributed by atoms with Crippen molar-refractivity contribution in [2.75, 3.05) is 5.32 Å². The summed E-state index contributed by atoms with van der Waals surface area (Å²) >= 11 is 0. The minimum Gasteiger partial charge on any atom is -0.332 e. The van der Waals surface area contributed by atoms with Gasteiger partial charge in [0.25, 0.3) is 11.8 Å². The number of anilines is 1. The van der Waals surface area contributed by atoms with Gasteiger partial charge >= 0.3 is 5.92 Å². The molecule has 1 aliphatic rings. The van der Waals surface area contributed by atoms with Gasteiger partial charge in [-0.3, -0.25) is 9.59 Å². The lowest BCUT2D eigenvalue weighted by Crippen LogP contribution is -2.53. The number of piperidine rings is 1. The van der Waals surface area contributed by atoms with E-state index in [9.17, 15) is 18.4 Å². The van der Waals surface area contributed by atoms with Gasteiger partial charge in [0.2, 0.25) is 0 Å². The third kappa shape index (κ3) is 4.57. The van der Waals surface area contributed by atoms with Gasteiger partial charge in [0.05, 0.1) is 5.56 Å². The summed E-state index contributed by atoms with van der Waals surface area (Å²) in [4.78, 5) is 26.3. The number of carbonyl (C=O) groups is 2. The van der Waals surface area contributed by atoms with Gasteiger partial charge in [0, 0.05) is 23.3 Å². The number of hydrogen-bond donors (Lipinski definition) is 1. The Balaban J connectivity index is 1.89. The van der Waals surface area contributed by atoms with Crippen LogP contribution in [0.4, 0.5) is 23.2 Å². The van der Waals surface area contributed by atoms with E-state index in [0.29, 0.717) is 24.5 Å². The smallest absolute Gasteiger partial charge is 0.332 e. The van der Waals surface area contributed by atoms with E-state index < -0.39 is 47.0 Å². The molecule has 2 aromatic carbocycles. The minimum atomic E-state index is -4.13. The van der Waals surface area contributed by atoms with E-state index in [1.807, 2.05) is 0 Å². The fourth-order valence-corrected chi connectivity index (χ4v) is 3.93. The van der Waals surface area contributed by atoms with Crippen LogP contribution in [0.25, 0.3) is 0 Å². The molecule has 0 aromatic heterocycles. The molecule has 0 aliphatic carbocycles. The maximum atomic E-state index is 15.1. The Morgan fingerprint density at radius 3 is 2.23 bits per heavy atom. The van der Waals surface area contributed by atoms with Crippen LogP contribution in [-0.4, -0.2) is 28.8 Å². The second-order valence-corrected chi connectivity index (χ2v) is 8.03. The Labute approximate surface area is 178 Å². The van der Waals surface area contributed by atoms with Crippen molar-refractivity contribution in [2.24, 2.45) is 0 Å². The molecule has 4 nitrogen and oxygen atoms in total. The summed E-state index contributed by atoms with van der Waals surface area (Å²) in [5.74, 6) is -8.12. The van der Waals surface area contributed by atoms with Gasteiger partial charge in [0.15, 0.2) is 0 Å². The molecule has 0 bridgehead atoms. The molecule has 0 radical (unpaired) electrons. The van der Waals surface area contributed by atoms with Crippen LogP contribution in [0, 0.1) is 18.6 Å². The van der Waals surface area contributed by atoms with Gasteiger partial charge in [-0.1, -0.05) is 0 Å². The zero-order valence-corrected chi connectivity index (χ0v) is 17.5. The summed E-state index contributed by atoms with van der Waals surface area (Å²) in [6.07, 6.45) is 2.01. The molecule has 3 rings (SSSR count). The average Bonchev–Trinajstić information content (AvgIpc) is 2.70. The van der Waals surface area contributed by atoms with E-state index in [4.69, 9.17) is 0 Å². The number of benzene rings is 2. The third-order valence-electron chi connectivity index (χ3n) is 5.68. The predicted molar refractivity (Wildman–Crippen MR) is 109 cm³/mol. The number of likely N-dealkylation sites (tertiary alicyclic amines) is 1. The lowest BCUT2D eigenvalue weighted by Gasteiger charge is -2.40. The summed E-state index contributed by atoms with van der Waals surface area (Å²) in [5.41, 5.74) is -0.843. The van der Waals surface area contributed by atoms with Crippen molar-refractivity contribution in [1.29, 1.82) is 0 Å². The lowest BCUT2D eigenvalue weighted by molar-refractivity contribution is -0.166. The van der Waals surface area contributed by atoms with Crippen LogP contribution in [0.1, 0.15) is 54.6 Å². The average molecular weight is 436 g/mol. The molecular weight excluding hydrogens is 412 g/mol. The van der Waals surface area contributed by atoms with Crippen LogP contribution in [0.3, 0.4) is 0 Å². The maximum Gasteiger partial charge on any atom is 0.352 e. The van der Waals surface area contributed by atoms with Crippen molar-refractivity contribution in [3.8, 4) is 0 Å². The molecule has 2 unspecified atom stereocenters. The number of carbonyl (C=O) groups excluding carboxylic acids is 2. The Kier molecular flexibility index (Phi) is 6.38. The molecule has 2 atom stereocenters. The number of hydrogen-bond acceptors (Lipinski definition) is 2. The number of alkyl halides is 2. The second kappa shape index (κ2) is 8.69. The lowest BCUT2D eigenvalue weighted by atomic mass is 9.95. The van der Waals surface area contributed by atoms with Crippen molar-refractivity contribution in [2.45, 2.75) is 58.0 Å². The quantitative estimate of drug-likeness (QED) is 0.652. The number of rotatable bonds is 4. The topological polar surface area (TPSA) is 49.4 Å². The van der Waals surface area contributed by atoms with Gasteiger partial charge in [-0.2, -0.15) is 8.78 Å². The highest BCUT2D eigenvalue weighted by Gasteiger charge is 2.49. The maximum absolute atomic E-state index is 15.1. The van der Waals surface area contributed by atoms with Gasteiger partial charge < -0.3 is 10.2 Å². The zero-order valence-electron chi connectivity index (χ0n) is 17.5. The molecule has 2 amide bonds. The highest BCUT2D eigenvalue weighted by molar-refractivity contribution is 6.04. The first-order valence-corrected chi connectivity index (χ1v) is 10.1. The van der Waals surface area contributed by atoms with Crippen LogP contribution in [0.5, 0.6) is 0 Å². The number of nitrogens with one attached hydrogen (secondary N) is 1. The van der Waals surface area contributed by atoms with Crippen LogP contribution >= 0.6 is 0 Å². The fraction of sp³-hybridized carbons (Fsp3) is 0.391. The van der Waals surface area contributed by atoms with E-state index in [1.165, 1.54) is 19.1 Å². The summed E-state index contributed by atoms with van der Waals surface area (Å²) in [6.45, 7) is 4.89. The van der Waals surface area contributed by atoms with Crippen LogP contribution < -0.4 is 5.32 Å². The molecule has 8 heteroatoms. The van der Waals surface area contributed by atoms with Crippen molar-refractivity contribution in [1.82, 2.24) is 4.90 Å². The first-order chi connectivity index (χ1) is 14.5. The van der Waals surface area contributed by atoms with Crippen molar-refractivity contribution in [3.05, 3.63) is 64.7 Å². The highest BCUT2D eigenvalue weighted by atomic mass is 19.3. The molecule has 0 spiro atoms. The SMILES string of the molecule is Cc1cc(NC(=O)c2ccc(F)c(C(F)(F)C(=O)N3C(C)CCCC3C)c2)ccc1F. The second-order valence-electron chi connectivity index (χ2n) is 8.03. The Morgan fingerprint density at radius 1 is 1.00 bits per heavy atom. The summed E-state index contributed by atoms with van der Waals surface area (Å²) in [6, 6.07) is 5.57.